The second-order valence-electron chi connectivity index (χ2n) is 4.61. The van der Waals surface area contributed by atoms with Crippen LogP contribution in [0.5, 0.6) is 11.5 Å². The third kappa shape index (κ3) is 5.37. The van der Waals surface area contributed by atoms with Gasteiger partial charge in [-0.1, -0.05) is 12.1 Å². The molecular formula is C17H15N3O4S. The summed E-state index contributed by atoms with van der Waals surface area (Å²) in [6.07, 6.45) is 2.84. The summed E-state index contributed by atoms with van der Waals surface area (Å²) in [5.41, 5.74) is 5.31. The van der Waals surface area contributed by atoms with Crippen molar-refractivity contribution in [2.24, 2.45) is 0 Å². The zero-order chi connectivity index (χ0) is 18.1. The summed E-state index contributed by atoms with van der Waals surface area (Å²) in [4.78, 5) is 24.0. The van der Waals surface area contributed by atoms with Crippen LogP contribution < -0.4 is 20.3 Å². The molecule has 0 unspecified atom stereocenters. The van der Waals surface area contributed by atoms with Gasteiger partial charge in [0.05, 0.1) is 12.0 Å². The third-order valence-electron chi connectivity index (χ3n) is 2.95. The van der Waals surface area contributed by atoms with Gasteiger partial charge < -0.3 is 9.47 Å². The highest BCUT2D eigenvalue weighted by molar-refractivity contribution is 7.12. The monoisotopic (exact) mass is 357 g/mol. The van der Waals surface area contributed by atoms with Crippen molar-refractivity contribution in [1.29, 1.82) is 5.26 Å². The molecule has 7 nitrogen and oxygen atoms in total. The molecule has 0 fully saturated rings. The van der Waals surface area contributed by atoms with Gasteiger partial charge in [0.2, 0.25) is 0 Å². The van der Waals surface area contributed by atoms with Crippen LogP contribution in [-0.2, 0) is 4.79 Å². The first kappa shape index (κ1) is 18.0. The van der Waals surface area contributed by atoms with E-state index < -0.39 is 5.91 Å². The lowest BCUT2D eigenvalue weighted by atomic mass is 10.2. The number of nitriles is 1. The first-order chi connectivity index (χ1) is 12.1. The standard InChI is InChI=1S/C17H15N3O4S/c1-23-14-11-12(4-6-13(14)24-9-8-18)5-7-16(21)19-20-17(22)15-3-2-10-25-15/h2-7,10-11H,9H2,1H3,(H,19,21)(H,20,22)/b7-5+. The Labute approximate surface area is 148 Å². The van der Waals surface area contributed by atoms with Gasteiger partial charge in [-0.3, -0.25) is 20.4 Å². The molecule has 1 aromatic heterocycles. The van der Waals surface area contributed by atoms with Crippen LogP contribution in [-0.4, -0.2) is 25.5 Å². The molecule has 0 aliphatic heterocycles. The van der Waals surface area contributed by atoms with Gasteiger partial charge in [0.25, 0.3) is 11.8 Å². The molecule has 1 aromatic carbocycles. The second kappa shape index (κ2) is 9.10. The Morgan fingerprint density at radius 1 is 1.28 bits per heavy atom. The molecule has 128 valence electrons. The van der Waals surface area contributed by atoms with E-state index in [0.29, 0.717) is 21.9 Å². The average Bonchev–Trinajstić information content (AvgIpc) is 3.17. The van der Waals surface area contributed by atoms with Crippen molar-refractivity contribution in [2.75, 3.05) is 13.7 Å². The van der Waals surface area contributed by atoms with Crippen LogP contribution in [0.4, 0.5) is 0 Å². The van der Waals surface area contributed by atoms with E-state index in [1.54, 1.807) is 41.8 Å². The van der Waals surface area contributed by atoms with E-state index in [0.717, 1.165) is 0 Å². The van der Waals surface area contributed by atoms with Gasteiger partial charge in [0, 0.05) is 6.08 Å². The van der Waals surface area contributed by atoms with Crippen LogP contribution in [0.15, 0.2) is 41.8 Å². The predicted molar refractivity (Wildman–Crippen MR) is 93.1 cm³/mol. The fourth-order valence-corrected chi connectivity index (χ4v) is 2.44. The highest BCUT2D eigenvalue weighted by Crippen LogP contribution is 2.28. The lowest BCUT2D eigenvalue weighted by molar-refractivity contribution is -0.117. The van der Waals surface area contributed by atoms with Crippen LogP contribution in [0.2, 0.25) is 0 Å². The predicted octanol–water partition coefficient (Wildman–Crippen LogP) is 2.13. The summed E-state index contributed by atoms with van der Waals surface area (Å²) in [6.45, 7) is -0.0854. The molecule has 0 bridgehead atoms. The highest BCUT2D eigenvalue weighted by atomic mass is 32.1. The molecule has 8 heteroatoms. The third-order valence-corrected chi connectivity index (χ3v) is 3.82. The van der Waals surface area contributed by atoms with Crippen molar-refractivity contribution in [3.63, 3.8) is 0 Å². The number of rotatable bonds is 6. The number of carbonyl (C=O) groups is 2. The van der Waals surface area contributed by atoms with Crippen molar-refractivity contribution in [1.82, 2.24) is 10.9 Å². The Kier molecular flexibility index (Phi) is 6.56. The van der Waals surface area contributed by atoms with Crippen molar-refractivity contribution < 1.29 is 19.1 Å². The van der Waals surface area contributed by atoms with Crippen molar-refractivity contribution >= 4 is 29.2 Å². The van der Waals surface area contributed by atoms with Crippen LogP contribution in [0, 0.1) is 11.3 Å². The zero-order valence-electron chi connectivity index (χ0n) is 13.3. The Morgan fingerprint density at radius 3 is 2.80 bits per heavy atom. The topological polar surface area (TPSA) is 100 Å². The van der Waals surface area contributed by atoms with Crippen molar-refractivity contribution in [3.05, 3.63) is 52.2 Å². The molecule has 2 rings (SSSR count). The number of hydrazine groups is 1. The summed E-state index contributed by atoms with van der Waals surface area (Å²) in [6, 6.07) is 10.3. The van der Waals surface area contributed by atoms with Gasteiger partial charge in [-0.15, -0.1) is 11.3 Å². The fourth-order valence-electron chi connectivity index (χ4n) is 1.82. The largest absolute Gasteiger partial charge is 0.493 e. The fraction of sp³-hybridized carbons (Fsp3) is 0.118. The minimum Gasteiger partial charge on any atom is -0.493 e. The first-order valence-electron chi connectivity index (χ1n) is 7.13. The Hall–Kier alpha value is -3.31. The molecule has 25 heavy (non-hydrogen) atoms. The average molecular weight is 357 g/mol. The number of hydrogen-bond donors (Lipinski definition) is 2. The van der Waals surface area contributed by atoms with Gasteiger partial charge in [-0.2, -0.15) is 5.26 Å². The molecule has 2 amide bonds. The Bertz CT molecular complexity index is 810. The summed E-state index contributed by atoms with van der Waals surface area (Å²) in [5, 5.41) is 10.3. The summed E-state index contributed by atoms with van der Waals surface area (Å²) in [7, 11) is 1.48. The number of nitrogens with one attached hydrogen (secondary N) is 2. The van der Waals surface area contributed by atoms with Gasteiger partial charge >= 0.3 is 0 Å². The number of amides is 2. The second-order valence-corrected chi connectivity index (χ2v) is 5.56. The molecule has 0 saturated heterocycles. The maximum absolute atomic E-state index is 11.8. The minimum atomic E-state index is -0.478. The number of ether oxygens (including phenoxy) is 2. The molecule has 1 heterocycles. The van der Waals surface area contributed by atoms with Gasteiger partial charge in [-0.25, -0.2) is 0 Å². The van der Waals surface area contributed by atoms with Gasteiger partial charge in [-0.05, 0) is 35.2 Å². The summed E-state index contributed by atoms with van der Waals surface area (Å²) < 4.78 is 10.4. The van der Waals surface area contributed by atoms with Gasteiger partial charge in [0.15, 0.2) is 18.1 Å². The molecule has 0 aliphatic carbocycles. The molecule has 0 saturated carbocycles. The van der Waals surface area contributed by atoms with E-state index in [-0.39, 0.29) is 12.5 Å². The van der Waals surface area contributed by atoms with Crippen molar-refractivity contribution in [3.8, 4) is 17.6 Å². The molecule has 0 aliphatic rings. The Morgan fingerprint density at radius 2 is 2.12 bits per heavy atom. The molecule has 0 atom stereocenters. The van der Waals surface area contributed by atoms with Crippen LogP contribution in [0.1, 0.15) is 15.2 Å². The molecular weight excluding hydrogens is 342 g/mol. The van der Waals surface area contributed by atoms with E-state index in [4.69, 9.17) is 14.7 Å². The highest BCUT2D eigenvalue weighted by Gasteiger charge is 2.07. The number of carbonyl (C=O) groups excluding carboxylic acids is 2. The van der Waals surface area contributed by atoms with E-state index >= 15 is 0 Å². The van der Waals surface area contributed by atoms with Crippen LogP contribution >= 0.6 is 11.3 Å². The lowest BCUT2D eigenvalue weighted by Gasteiger charge is -2.08. The number of thiophene rings is 1. The number of nitrogens with zero attached hydrogens (tertiary/aromatic N) is 1. The summed E-state index contributed by atoms with van der Waals surface area (Å²) >= 11 is 1.28. The number of hydrogen-bond acceptors (Lipinski definition) is 6. The van der Waals surface area contributed by atoms with E-state index in [2.05, 4.69) is 10.9 Å². The minimum absolute atomic E-state index is 0.0854. The van der Waals surface area contributed by atoms with Crippen LogP contribution in [0.25, 0.3) is 6.08 Å². The maximum atomic E-state index is 11.8. The normalized spacial score (nSPS) is 10.1. The Balaban J connectivity index is 1.93. The van der Waals surface area contributed by atoms with Crippen molar-refractivity contribution in [2.45, 2.75) is 0 Å². The molecule has 2 aromatic rings. The lowest BCUT2D eigenvalue weighted by Crippen LogP contribution is -2.40. The molecule has 0 spiro atoms. The van der Waals surface area contributed by atoms with Gasteiger partial charge in [0.1, 0.15) is 6.07 Å². The smallest absolute Gasteiger partial charge is 0.279 e. The quantitative estimate of drug-likeness (QED) is 0.609. The van der Waals surface area contributed by atoms with E-state index in [9.17, 15) is 9.59 Å². The number of methoxy groups -OCH3 is 1. The first-order valence-corrected chi connectivity index (χ1v) is 8.01. The number of benzene rings is 1. The maximum Gasteiger partial charge on any atom is 0.279 e. The van der Waals surface area contributed by atoms with E-state index in [1.807, 2.05) is 6.07 Å². The molecule has 2 N–H and O–H groups in total. The van der Waals surface area contributed by atoms with E-state index in [1.165, 1.54) is 24.5 Å². The summed E-state index contributed by atoms with van der Waals surface area (Å²) in [5.74, 6) is 0.0313. The SMILES string of the molecule is COc1cc(/C=C/C(=O)NNC(=O)c2cccs2)ccc1OCC#N. The molecule has 0 radical (unpaired) electrons. The zero-order valence-corrected chi connectivity index (χ0v) is 14.1. The van der Waals surface area contributed by atoms with Crippen LogP contribution in [0.3, 0.4) is 0 Å².